The van der Waals surface area contributed by atoms with Crippen LogP contribution in [0.25, 0.3) is 11.6 Å². The van der Waals surface area contributed by atoms with E-state index < -0.39 is 5.92 Å². The van der Waals surface area contributed by atoms with Gasteiger partial charge in [0.25, 0.3) is 11.8 Å². The number of aryl methyl sites for hydroxylation is 1. The van der Waals surface area contributed by atoms with Crippen molar-refractivity contribution in [2.45, 2.75) is 13.5 Å². The number of rotatable bonds is 5. The molecule has 1 atom stereocenters. The fraction of sp³-hybridized carbons (Fsp3) is 0.308. The normalized spacial score (nSPS) is 16.7. The van der Waals surface area contributed by atoms with E-state index in [1.54, 1.807) is 17.8 Å². The zero-order valence-corrected chi connectivity index (χ0v) is 12.2. The van der Waals surface area contributed by atoms with Crippen LogP contribution in [0.15, 0.2) is 27.9 Å². The van der Waals surface area contributed by atoms with Gasteiger partial charge in [-0.1, -0.05) is 16.4 Å². The Kier molecular flexibility index (Phi) is 4.04. The van der Waals surface area contributed by atoms with Crippen LogP contribution in [-0.2, 0) is 16.1 Å². The molecule has 0 saturated carbocycles. The summed E-state index contributed by atoms with van der Waals surface area (Å²) in [5.74, 6) is -0.306. The highest BCUT2D eigenvalue weighted by molar-refractivity contribution is 6.05. The highest BCUT2D eigenvalue weighted by atomic mass is 16.5. The molecule has 2 aromatic rings. The SMILES string of the molecule is Cc1noc(-c2cn(CCNC(=O)C3C=CC(=O)N=C3)nn2)n1. The van der Waals surface area contributed by atoms with Gasteiger partial charge in [-0.25, -0.2) is 9.67 Å². The minimum absolute atomic E-state index is 0.231. The van der Waals surface area contributed by atoms with Crippen LogP contribution in [-0.4, -0.2) is 49.7 Å². The van der Waals surface area contributed by atoms with E-state index in [1.807, 2.05) is 0 Å². The molecule has 10 heteroatoms. The summed E-state index contributed by atoms with van der Waals surface area (Å²) in [6.45, 7) is 2.50. The molecule has 0 aromatic carbocycles. The van der Waals surface area contributed by atoms with Crippen molar-refractivity contribution in [3.8, 4) is 11.6 Å². The third kappa shape index (κ3) is 3.54. The van der Waals surface area contributed by atoms with Crippen LogP contribution in [0, 0.1) is 12.8 Å². The molecule has 0 aliphatic carbocycles. The van der Waals surface area contributed by atoms with E-state index in [2.05, 4.69) is 30.8 Å². The lowest BCUT2D eigenvalue weighted by atomic mass is 10.1. The second-order valence-electron chi connectivity index (χ2n) is 4.81. The maximum atomic E-state index is 11.9. The zero-order chi connectivity index (χ0) is 16.2. The van der Waals surface area contributed by atoms with Crippen molar-refractivity contribution in [2.75, 3.05) is 6.54 Å². The second kappa shape index (κ2) is 6.30. The zero-order valence-electron chi connectivity index (χ0n) is 12.2. The molecule has 0 fully saturated rings. The number of dihydropyridines is 1. The molecule has 3 heterocycles. The highest BCUT2D eigenvalue weighted by Gasteiger charge is 2.16. The van der Waals surface area contributed by atoms with Crippen LogP contribution in [0.1, 0.15) is 5.82 Å². The summed E-state index contributed by atoms with van der Waals surface area (Å²) in [5, 5.41) is 14.3. The summed E-state index contributed by atoms with van der Waals surface area (Å²) in [4.78, 5) is 30.4. The molecule has 0 radical (unpaired) electrons. The van der Waals surface area contributed by atoms with Gasteiger partial charge in [0.15, 0.2) is 11.5 Å². The van der Waals surface area contributed by atoms with Gasteiger partial charge in [0.05, 0.1) is 18.7 Å². The number of carbonyl (C=O) groups is 2. The standard InChI is InChI=1S/C13H13N7O3/c1-8-16-13(23-18-8)10-7-20(19-17-10)5-4-14-12(22)9-2-3-11(21)15-6-9/h2-3,6-7,9H,4-5H2,1H3,(H,14,22). The molecular weight excluding hydrogens is 302 g/mol. The third-order valence-corrected chi connectivity index (χ3v) is 3.04. The Morgan fingerprint density at radius 3 is 3.04 bits per heavy atom. The van der Waals surface area contributed by atoms with Crippen LogP contribution >= 0.6 is 0 Å². The van der Waals surface area contributed by atoms with Gasteiger partial charge in [0.1, 0.15) is 0 Å². The molecule has 2 aromatic heterocycles. The molecule has 1 aliphatic rings. The molecule has 0 saturated heterocycles. The van der Waals surface area contributed by atoms with Gasteiger partial charge in [-0.2, -0.15) is 4.98 Å². The summed E-state index contributed by atoms with van der Waals surface area (Å²) >= 11 is 0. The Morgan fingerprint density at radius 2 is 2.35 bits per heavy atom. The van der Waals surface area contributed by atoms with Gasteiger partial charge in [0, 0.05) is 18.8 Å². The summed E-state index contributed by atoms with van der Waals surface area (Å²) in [7, 11) is 0. The molecule has 0 spiro atoms. The molecule has 1 aliphatic heterocycles. The van der Waals surface area contributed by atoms with Crippen molar-refractivity contribution < 1.29 is 14.1 Å². The largest absolute Gasteiger partial charge is 0.353 e. The quantitative estimate of drug-likeness (QED) is 0.790. The van der Waals surface area contributed by atoms with Gasteiger partial charge in [-0.15, -0.1) is 5.10 Å². The van der Waals surface area contributed by atoms with E-state index in [0.29, 0.717) is 30.5 Å². The van der Waals surface area contributed by atoms with Crippen molar-refractivity contribution in [3.63, 3.8) is 0 Å². The van der Waals surface area contributed by atoms with Crippen molar-refractivity contribution in [1.82, 2.24) is 30.5 Å². The first-order valence-electron chi connectivity index (χ1n) is 6.87. The first-order valence-corrected chi connectivity index (χ1v) is 6.87. The summed E-state index contributed by atoms with van der Waals surface area (Å²) in [6.07, 6.45) is 5.76. The number of hydrogen-bond acceptors (Lipinski definition) is 7. The fourth-order valence-electron chi connectivity index (χ4n) is 1.91. The van der Waals surface area contributed by atoms with Gasteiger partial charge < -0.3 is 9.84 Å². The summed E-state index contributed by atoms with van der Waals surface area (Å²) in [6, 6.07) is 0. The molecule has 23 heavy (non-hydrogen) atoms. The lowest BCUT2D eigenvalue weighted by Crippen LogP contribution is -2.34. The van der Waals surface area contributed by atoms with E-state index in [0.717, 1.165) is 0 Å². The number of nitrogens with zero attached hydrogens (tertiary/aromatic N) is 6. The minimum Gasteiger partial charge on any atom is -0.353 e. The molecule has 1 unspecified atom stereocenters. The van der Waals surface area contributed by atoms with E-state index in [1.165, 1.54) is 18.4 Å². The minimum atomic E-state index is -0.527. The van der Waals surface area contributed by atoms with Crippen molar-refractivity contribution in [3.05, 3.63) is 24.2 Å². The van der Waals surface area contributed by atoms with Gasteiger partial charge >= 0.3 is 0 Å². The lowest BCUT2D eigenvalue weighted by Gasteiger charge is -2.10. The third-order valence-electron chi connectivity index (χ3n) is 3.04. The fourth-order valence-corrected chi connectivity index (χ4v) is 1.91. The van der Waals surface area contributed by atoms with E-state index >= 15 is 0 Å². The van der Waals surface area contributed by atoms with E-state index in [-0.39, 0.29) is 11.8 Å². The predicted molar refractivity (Wildman–Crippen MR) is 77.2 cm³/mol. The van der Waals surface area contributed by atoms with E-state index in [9.17, 15) is 9.59 Å². The van der Waals surface area contributed by atoms with E-state index in [4.69, 9.17) is 4.52 Å². The molecule has 3 rings (SSSR count). The summed E-state index contributed by atoms with van der Waals surface area (Å²) < 4.78 is 6.56. The molecule has 2 amide bonds. The van der Waals surface area contributed by atoms with Crippen LogP contribution < -0.4 is 5.32 Å². The first-order chi connectivity index (χ1) is 11.1. The first kappa shape index (κ1) is 14.8. The van der Waals surface area contributed by atoms with Crippen LogP contribution in [0.2, 0.25) is 0 Å². The average molecular weight is 315 g/mol. The molecular formula is C13H13N7O3. The van der Waals surface area contributed by atoms with Crippen molar-refractivity contribution in [2.24, 2.45) is 10.9 Å². The predicted octanol–water partition coefficient (Wildman–Crippen LogP) is -0.464. The second-order valence-corrected chi connectivity index (χ2v) is 4.81. The Morgan fingerprint density at radius 1 is 1.48 bits per heavy atom. The Labute approximate surface area is 130 Å². The highest BCUT2D eigenvalue weighted by Crippen LogP contribution is 2.12. The van der Waals surface area contributed by atoms with Gasteiger partial charge in [0.2, 0.25) is 5.91 Å². The molecule has 1 N–H and O–H groups in total. The molecule has 10 nitrogen and oxygen atoms in total. The molecule has 118 valence electrons. The molecule has 0 bridgehead atoms. The van der Waals surface area contributed by atoms with Crippen LogP contribution in [0.5, 0.6) is 0 Å². The Bertz CT molecular complexity index is 773. The lowest BCUT2D eigenvalue weighted by molar-refractivity contribution is -0.121. The topological polar surface area (TPSA) is 128 Å². The summed E-state index contributed by atoms with van der Waals surface area (Å²) in [5.41, 5.74) is 0.470. The van der Waals surface area contributed by atoms with Gasteiger partial charge in [-0.05, 0) is 6.92 Å². The number of aromatic nitrogens is 5. The number of carbonyl (C=O) groups excluding carboxylic acids is 2. The maximum Gasteiger partial charge on any atom is 0.280 e. The number of hydrogen-bond donors (Lipinski definition) is 1. The van der Waals surface area contributed by atoms with Crippen LogP contribution in [0.4, 0.5) is 0 Å². The number of aliphatic imine (C=N–C) groups is 1. The monoisotopic (exact) mass is 315 g/mol. The maximum absolute atomic E-state index is 11.9. The number of amides is 2. The van der Waals surface area contributed by atoms with Gasteiger partial charge in [-0.3, -0.25) is 9.59 Å². The number of nitrogens with one attached hydrogen (secondary N) is 1. The smallest absolute Gasteiger partial charge is 0.280 e. The van der Waals surface area contributed by atoms with Crippen LogP contribution in [0.3, 0.4) is 0 Å². The van der Waals surface area contributed by atoms with Crippen molar-refractivity contribution in [1.29, 1.82) is 0 Å². The average Bonchev–Trinajstić information content (AvgIpc) is 3.17. The van der Waals surface area contributed by atoms with Crippen molar-refractivity contribution >= 4 is 18.0 Å². The Hall–Kier alpha value is -3.17. The Balaban J connectivity index is 1.50.